The molecule has 1 aliphatic heterocycles. The summed E-state index contributed by atoms with van der Waals surface area (Å²) in [6.07, 6.45) is 3.08. The molecular weight excluding hydrogens is 384 g/mol. The van der Waals surface area contributed by atoms with Crippen LogP contribution in [0.1, 0.15) is 18.4 Å². The van der Waals surface area contributed by atoms with Crippen LogP contribution in [0.15, 0.2) is 52.5 Å². The summed E-state index contributed by atoms with van der Waals surface area (Å²) in [6.45, 7) is 0.866. The molecule has 0 bridgehead atoms. The molecule has 10 heteroatoms. The van der Waals surface area contributed by atoms with Gasteiger partial charge in [0.05, 0.1) is 23.1 Å². The van der Waals surface area contributed by atoms with Crippen LogP contribution in [0.5, 0.6) is 5.75 Å². The fourth-order valence-corrected chi connectivity index (χ4v) is 4.40. The molecule has 0 spiro atoms. The van der Waals surface area contributed by atoms with E-state index in [1.807, 2.05) is 0 Å². The number of methoxy groups -OCH3 is 1. The molecule has 0 aliphatic carbocycles. The number of nitro benzene ring substituents is 1. The largest absolute Gasteiger partial charge is 0.497 e. The van der Waals surface area contributed by atoms with Crippen LogP contribution < -0.4 is 10.2 Å². The Kier molecular flexibility index (Phi) is 5.90. The Morgan fingerprint density at radius 1 is 1.18 bits per heavy atom. The zero-order valence-corrected chi connectivity index (χ0v) is 16.1. The Bertz CT molecular complexity index is 984. The number of hydrogen-bond donors (Lipinski definition) is 1. The highest BCUT2D eigenvalue weighted by Crippen LogP contribution is 2.30. The van der Waals surface area contributed by atoms with Crippen LogP contribution in [0.4, 0.5) is 11.4 Å². The predicted molar refractivity (Wildman–Crippen MR) is 105 cm³/mol. The number of ether oxygens (including phenoxy) is 1. The van der Waals surface area contributed by atoms with Crippen molar-refractivity contribution in [2.24, 2.45) is 5.10 Å². The van der Waals surface area contributed by atoms with Crippen molar-refractivity contribution in [3.8, 4) is 5.75 Å². The van der Waals surface area contributed by atoms with E-state index in [0.717, 1.165) is 24.5 Å². The molecule has 0 unspecified atom stereocenters. The fourth-order valence-electron chi connectivity index (χ4n) is 2.86. The second-order valence-corrected chi connectivity index (χ2v) is 8.13. The van der Waals surface area contributed by atoms with Crippen LogP contribution in [0.2, 0.25) is 0 Å². The normalized spacial score (nSPS) is 15.0. The van der Waals surface area contributed by atoms with Gasteiger partial charge in [-0.3, -0.25) is 15.5 Å². The first kappa shape index (κ1) is 19.8. The molecule has 2 aromatic rings. The zero-order chi connectivity index (χ0) is 20.1. The highest BCUT2D eigenvalue weighted by molar-refractivity contribution is 7.89. The summed E-state index contributed by atoms with van der Waals surface area (Å²) < 4.78 is 31.7. The van der Waals surface area contributed by atoms with Gasteiger partial charge in [-0.2, -0.15) is 9.41 Å². The second-order valence-electron chi connectivity index (χ2n) is 6.19. The maximum atomic E-state index is 12.6. The van der Waals surface area contributed by atoms with Crippen molar-refractivity contribution in [3.05, 3.63) is 58.1 Å². The van der Waals surface area contributed by atoms with E-state index in [9.17, 15) is 18.5 Å². The maximum Gasteiger partial charge on any atom is 0.295 e. The number of nitrogens with zero attached hydrogens (tertiary/aromatic N) is 3. The number of anilines is 1. The summed E-state index contributed by atoms with van der Waals surface area (Å²) in [7, 11) is -2.16. The lowest BCUT2D eigenvalue weighted by Crippen LogP contribution is -2.27. The molecule has 1 heterocycles. The predicted octanol–water partition coefficient (Wildman–Crippen LogP) is 2.83. The molecule has 3 rings (SSSR count). The van der Waals surface area contributed by atoms with Gasteiger partial charge >= 0.3 is 0 Å². The van der Waals surface area contributed by atoms with Crippen LogP contribution in [0.3, 0.4) is 0 Å². The van der Waals surface area contributed by atoms with Gasteiger partial charge in [0.1, 0.15) is 11.4 Å². The SMILES string of the molecule is COc1ccc(/C=N/Nc2ccc(S(=O)(=O)N3CCCC3)cc2[N+](=O)[O-])cc1. The second kappa shape index (κ2) is 8.36. The Labute approximate surface area is 162 Å². The van der Waals surface area contributed by atoms with Crippen LogP contribution >= 0.6 is 0 Å². The van der Waals surface area contributed by atoms with Gasteiger partial charge in [-0.1, -0.05) is 0 Å². The van der Waals surface area contributed by atoms with E-state index in [1.165, 1.54) is 22.7 Å². The number of hydrazone groups is 1. The summed E-state index contributed by atoms with van der Waals surface area (Å²) in [6, 6.07) is 10.9. The summed E-state index contributed by atoms with van der Waals surface area (Å²) in [5, 5.41) is 15.4. The molecule has 9 nitrogen and oxygen atoms in total. The molecular formula is C18H20N4O5S. The topological polar surface area (TPSA) is 114 Å². The molecule has 28 heavy (non-hydrogen) atoms. The third kappa shape index (κ3) is 4.29. The Hall–Kier alpha value is -2.98. The molecule has 148 valence electrons. The lowest BCUT2D eigenvalue weighted by molar-refractivity contribution is -0.384. The maximum absolute atomic E-state index is 12.6. The first-order valence-corrected chi connectivity index (χ1v) is 10.1. The molecule has 0 atom stereocenters. The standard InChI is InChI=1S/C18H20N4O5S/c1-27-15-6-4-14(5-7-15)13-19-20-17-9-8-16(12-18(17)22(23)24)28(25,26)21-10-2-3-11-21/h4-9,12-13,20H,2-3,10-11H2,1H3/b19-13+. The molecule has 2 aromatic carbocycles. The van der Waals surface area contributed by atoms with Crippen LogP contribution in [0, 0.1) is 10.1 Å². The highest BCUT2D eigenvalue weighted by atomic mass is 32.2. The van der Waals surface area contributed by atoms with Gasteiger partial charge in [0.25, 0.3) is 5.69 Å². The third-order valence-corrected chi connectivity index (χ3v) is 6.28. The van der Waals surface area contributed by atoms with Gasteiger partial charge in [-0.15, -0.1) is 0 Å². The number of nitrogens with one attached hydrogen (secondary N) is 1. The van der Waals surface area contributed by atoms with Gasteiger partial charge in [0.15, 0.2) is 0 Å². The van der Waals surface area contributed by atoms with Crippen molar-refractivity contribution in [3.63, 3.8) is 0 Å². The first-order valence-electron chi connectivity index (χ1n) is 8.63. The number of sulfonamides is 1. The van der Waals surface area contributed by atoms with Crippen LogP contribution in [-0.4, -0.2) is 44.1 Å². The Morgan fingerprint density at radius 3 is 2.46 bits per heavy atom. The van der Waals surface area contributed by atoms with E-state index < -0.39 is 14.9 Å². The summed E-state index contributed by atoms with van der Waals surface area (Å²) in [5.41, 5.74) is 3.13. The van der Waals surface area contributed by atoms with Crippen molar-refractivity contribution in [2.45, 2.75) is 17.7 Å². The molecule has 0 aromatic heterocycles. The number of benzene rings is 2. The minimum atomic E-state index is -3.73. The lowest BCUT2D eigenvalue weighted by Gasteiger charge is -2.15. The molecule has 0 saturated carbocycles. The number of nitro groups is 1. The molecule has 0 amide bonds. The number of rotatable bonds is 7. The molecule has 1 N–H and O–H groups in total. The number of hydrogen-bond acceptors (Lipinski definition) is 7. The Balaban J connectivity index is 1.81. The molecule has 1 saturated heterocycles. The van der Waals surface area contributed by atoms with E-state index in [0.29, 0.717) is 18.8 Å². The van der Waals surface area contributed by atoms with Gasteiger partial charge in [0, 0.05) is 19.2 Å². The van der Waals surface area contributed by atoms with Crippen molar-refractivity contribution < 1.29 is 18.1 Å². The monoisotopic (exact) mass is 404 g/mol. The van der Waals surface area contributed by atoms with Gasteiger partial charge < -0.3 is 4.74 Å². The Morgan fingerprint density at radius 2 is 1.86 bits per heavy atom. The van der Waals surface area contributed by atoms with E-state index in [2.05, 4.69) is 10.5 Å². The van der Waals surface area contributed by atoms with Crippen molar-refractivity contribution in [1.82, 2.24) is 4.31 Å². The molecule has 0 radical (unpaired) electrons. The summed E-state index contributed by atoms with van der Waals surface area (Å²) in [4.78, 5) is 10.7. The van der Waals surface area contributed by atoms with Crippen LogP contribution in [-0.2, 0) is 10.0 Å². The van der Waals surface area contributed by atoms with Crippen molar-refractivity contribution >= 4 is 27.6 Å². The molecule has 1 aliphatic rings. The van der Waals surface area contributed by atoms with E-state index in [1.54, 1.807) is 31.4 Å². The lowest BCUT2D eigenvalue weighted by atomic mass is 10.2. The van der Waals surface area contributed by atoms with Crippen molar-refractivity contribution in [1.29, 1.82) is 0 Å². The highest BCUT2D eigenvalue weighted by Gasteiger charge is 2.29. The van der Waals surface area contributed by atoms with Crippen molar-refractivity contribution in [2.75, 3.05) is 25.6 Å². The minimum Gasteiger partial charge on any atom is -0.497 e. The van der Waals surface area contributed by atoms with Gasteiger partial charge in [0.2, 0.25) is 10.0 Å². The average Bonchev–Trinajstić information content (AvgIpc) is 3.24. The van der Waals surface area contributed by atoms with E-state index in [4.69, 9.17) is 4.74 Å². The summed E-state index contributed by atoms with van der Waals surface area (Å²) >= 11 is 0. The van der Waals surface area contributed by atoms with Gasteiger partial charge in [-0.05, 0) is 54.8 Å². The smallest absolute Gasteiger partial charge is 0.295 e. The summed E-state index contributed by atoms with van der Waals surface area (Å²) in [5.74, 6) is 0.704. The molecule has 1 fully saturated rings. The third-order valence-electron chi connectivity index (χ3n) is 4.38. The first-order chi connectivity index (χ1) is 13.4. The van der Waals surface area contributed by atoms with E-state index >= 15 is 0 Å². The van der Waals surface area contributed by atoms with Crippen LogP contribution in [0.25, 0.3) is 0 Å². The van der Waals surface area contributed by atoms with Gasteiger partial charge in [-0.25, -0.2) is 8.42 Å². The average molecular weight is 404 g/mol. The van der Waals surface area contributed by atoms with E-state index in [-0.39, 0.29) is 16.3 Å². The minimum absolute atomic E-state index is 0.0919. The quantitative estimate of drug-likeness (QED) is 0.431. The fraction of sp³-hybridized carbons (Fsp3) is 0.278. The zero-order valence-electron chi connectivity index (χ0n) is 15.2.